The number of rotatable bonds is 11. The number of ether oxygens (including phenoxy) is 4. The summed E-state index contributed by atoms with van der Waals surface area (Å²) < 4.78 is 21.7. The normalized spacial score (nSPS) is 10.3. The molecule has 0 spiro atoms. The highest BCUT2D eigenvalue weighted by Crippen LogP contribution is 2.30. The molecule has 35 heavy (non-hydrogen) atoms. The minimum atomic E-state index is -0.313. The molecule has 0 aliphatic heterocycles. The van der Waals surface area contributed by atoms with E-state index in [1.54, 1.807) is 55.6 Å². The molecule has 0 heterocycles. The molecule has 8 nitrogen and oxygen atoms in total. The third-order valence-corrected chi connectivity index (χ3v) is 5.06. The molecule has 0 aliphatic rings. The molecule has 0 fully saturated rings. The van der Waals surface area contributed by atoms with Crippen LogP contribution in [0, 0.1) is 0 Å². The molecule has 2 N–H and O–H groups in total. The fourth-order valence-electron chi connectivity index (χ4n) is 3.42. The van der Waals surface area contributed by atoms with Gasteiger partial charge in [0.1, 0.15) is 11.5 Å². The fraction of sp³-hybridized carbons (Fsp3) is 0.259. The minimum absolute atomic E-state index is 0.145. The molecule has 0 unspecified atom stereocenters. The molecular weight excluding hydrogens is 448 g/mol. The lowest BCUT2D eigenvalue weighted by Crippen LogP contribution is -2.16. The average Bonchev–Trinajstić information content (AvgIpc) is 2.86. The van der Waals surface area contributed by atoms with Gasteiger partial charge in [-0.3, -0.25) is 9.59 Å². The molecule has 0 saturated carbocycles. The smallest absolute Gasteiger partial charge is 0.255 e. The van der Waals surface area contributed by atoms with E-state index in [4.69, 9.17) is 18.9 Å². The monoisotopic (exact) mass is 478 g/mol. The molecular formula is C27H30N2O6. The number of hydrogen-bond acceptors (Lipinski definition) is 6. The third kappa shape index (κ3) is 6.89. The predicted molar refractivity (Wildman–Crippen MR) is 135 cm³/mol. The Morgan fingerprint density at radius 1 is 0.743 bits per heavy atom. The van der Waals surface area contributed by atoms with Crippen LogP contribution < -0.4 is 29.6 Å². The van der Waals surface area contributed by atoms with Crippen molar-refractivity contribution < 1.29 is 28.5 Å². The first-order valence-electron chi connectivity index (χ1n) is 11.3. The van der Waals surface area contributed by atoms with Gasteiger partial charge in [-0.15, -0.1) is 0 Å². The van der Waals surface area contributed by atoms with E-state index >= 15 is 0 Å². The first kappa shape index (κ1) is 25.4. The summed E-state index contributed by atoms with van der Waals surface area (Å²) in [5.74, 6) is 1.85. The van der Waals surface area contributed by atoms with Gasteiger partial charge in [-0.05, 0) is 74.0 Å². The van der Waals surface area contributed by atoms with Crippen molar-refractivity contribution in [3.8, 4) is 23.0 Å². The fourth-order valence-corrected chi connectivity index (χ4v) is 3.42. The van der Waals surface area contributed by atoms with Crippen LogP contribution >= 0.6 is 0 Å². The van der Waals surface area contributed by atoms with Gasteiger partial charge in [0.2, 0.25) is 5.91 Å². The summed E-state index contributed by atoms with van der Waals surface area (Å²) in [6, 6.07) is 17.2. The van der Waals surface area contributed by atoms with Gasteiger partial charge in [-0.1, -0.05) is 6.07 Å². The summed E-state index contributed by atoms with van der Waals surface area (Å²) in [5.41, 5.74) is 2.21. The van der Waals surface area contributed by atoms with Gasteiger partial charge in [-0.25, -0.2) is 0 Å². The molecule has 2 amide bonds. The molecule has 0 bridgehead atoms. The van der Waals surface area contributed by atoms with E-state index in [1.165, 1.54) is 7.11 Å². The Kier molecular flexibility index (Phi) is 8.95. The van der Waals surface area contributed by atoms with Gasteiger partial charge in [0.05, 0.1) is 39.5 Å². The molecule has 0 aliphatic carbocycles. The molecule has 3 rings (SSSR count). The summed E-state index contributed by atoms with van der Waals surface area (Å²) in [5, 5.41) is 5.70. The highest BCUT2D eigenvalue weighted by Gasteiger charge is 2.13. The van der Waals surface area contributed by atoms with Crippen molar-refractivity contribution in [1.82, 2.24) is 0 Å². The number of methoxy groups -OCH3 is 2. The summed E-state index contributed by atoms with van der Waals surface area (Å²) in [6.45, 7) is 4.81. The minimum Gasteiger partial charge on any atom is -0.497 e. The van der Waals surface area contributed by atoms with Gasteiger partial charge in [0.15, 0.2) is 11.5 Å². The second-order valence-corrected chi connectivity index (χ2v) is 7.47. The van der Waals surface area contributed by atoms with E-state index < -0.39 is 0 Å². The molecule has 8 heteroatoms. The topological polar surface area (TPSA) is 95.1 Å². The van der Waals surface area contributed by atoms with Gasteiger partial charge >= 0.3 is 0 Å². The molecule has 0 radical (unpaired) electrons. The SMILES string of the molecule is CCOc1ccc(CC(=O)Nc2ccc(OC)c(NC(=O)c3ccc(OC)cc3)c2)cc1OCC. The van der Waals surface area contributed by atoms with Crippen LogP contribution in [0.5, 0.6) is 23.0 Å². The first-order chi connectivity index (χ1) is 17.0. The second kappa shape index (κ2) is 12.3. The number of carbonyl (C=O) groups excluding carboxylic acids is 2. The Morgan fingerprint density at radius 3 is 2.09 bits per heavy atom. The van der Waals surface area contributed by atoms with Crippen LogP contribution in [0.25, 0.3) is 0 Å². The number of anilines is 2. The zero-order valence-electron chi connectivity index (χ0n) is 20.3. The highest BCUT2D eigenvalue weighted by atomic mass is 16.5. The van der Waals surface area contributed by atoms with Crippen molar-refractivity contribution in [2.24, 2.45) is 0 Å². The van der Waals surface area contributed by atoms with Crippen molar-refractivity contribution in [3.05, 3.63) is 71.8 Å². The third-order valence-electron chi connectivity index (χ3n) is 5.06. The van der Waals surface area contributed by atoms with Crippen LogP contribution in [0.2, 0.25) is 0 Å². The Morgan fingerprint density at radius 2 is 1.43 bits per heavy atom. The summed E-state index contributed by atoms with van der Waals surface area (Å²) in [6.07, 6.45) is 0.145. The standard InChI is InChI=1S/C27H30N2O6/c1-5-34-24-13-7-18(15-25(24)35-6-2)16-26(30)28-20-10-14-23(33-4)22(17-20)29-27(31)19-8-11-21(32-3)12-9-19/h7-15,17H,5-6,16H2,1-4H3,(H,28,30)(H,29,31). The maximum Gasteiger partial charge on any atom is 0.255 e. The van der Waals surface area contributed by atoms with Crippen molar-refractivity contribution in [3.63, 3.8) is 0 Å². The van der Waals surface area contributed by atoms with Crippen LogP contribution in [0.1, 0.15) is 29.8 Å². The van der Waals surface area contributed by atoms with Crippen LogP contribution in [-0.2, 0) is 11.2 Å². The summed E-state index contributed by atoms with van der Waals surface area (Å²) >= 11 is 0. The van der Waals surface area contributed by atoms with Gasteiger partial charge in [0, 0.05) is 11.3 Å². The molecule has 0 aromatic heterocycles. The quantitative estimate of drug-likeness (QED) is 0.406. The number of nitrogens with one attached hydrogen (secondary N) is 2. The van der Waals surface area contributed by atoms with Crippen molar-refractivity contribution in [2.45, 2.75) is 20.3 Å². The van der Waals surface area contributed by atoms with E-state index in [0.29, 0.717) is 53.2 Å². The summed E-state index contributed by atoms with van der Waals surface area (Å²) in [7, 11) is 3.08. The van der Waals surface area contributed by atoms with Crippen molar-refractivity contribution in [2.75, 3.05) is 38.1 Å². The van der Waals surface area contributed by atoms with Crippen molar-refractivity contribution in [1.29, 1.82) is 0 Å². The Balaban J connectivity index is 1.71. The lowest BCUT2D eigenvalue weighted by atomic mass is 10.1. The zero-order valence-corrected chi connectivity index (χ0v) is 20.3. The average molecular weight is 479 g/mol. The van der Waals surface area contributed by atoms with Gasteiger partial charge in [-0.2, -0.15) is 0 Å². The number of amides is 2. The van der Waals surface area contributed by atoms with Crippen LogP contribution in [-0.4, -0.2) is 39.2 Å². The zero-order chi connectivity index (χ0) is 25.2. The first-order valence-corrected chi connectivity index (χ1v) is 11.3. The number of carbonyl (C=O) groups is 2. The molecule has 3 aromatic rings. The van der Waals surface area contributed by atoms with Crippen molar-refractivity contribution >= 4 is 23.2 Å². The van der Waals surface area contributed by atoms with E-state index in [-0.39, 0.29) is 18.2 Å². The highest BCUT2D eigenvalue weighted by molar-refractivity contribution is 6.05. The number of benzene rings is 3. The van der Waals surface area contributed by atoms with Gasteiger partial charge in [0.25, 0.3) is 5.91 Å². The molecule has 0 saturated heterocycles. The molecule has 0 atom stereocenters. The second-order valence-electron chi connectivity index (χ2n) is 7.47. The van der Waals surface area contributed by atoms with Crippen LogP contribution in [0.3, 0.4) is 0 Å². The van der Waals surface area contributed by atoms with Gasteiger partial charge < -0.3 is 29.6 Å². The summed E-state index contributed by atoms with van der Waals surface area (Å²) in [4.78, 5) is 25.4. The largest absolute Gasteiger partial charge is 0.497 e. The maximum absolute atomic E-state index is 12.7. The van der Waals surface area contributed by atoms with Crippen LogP contribution in [0.15, 0.2) is 60.7 Å². The maximum atomic E-state index is 12.7. The molecule has 3 aromatic carbocycles. The molecule has 184 valence electrons. The van der Waals surface area contributed by atoms with E-state index in [2.05, 4.69) is 10.6 Å². The Hall–Kier alpha value is -4.20. The number of hydrogen-bond donors (Lipinski definition) is 2. The predicted octanol–water partition coefficient (Wildman–Crippen LogP) is 4.93. The Bertz CT molecular complexity index is 1160. The van der Waals surface area contributed by atoms with E-state index in [0.717, 1.165) is 5.56 Å². The van der Waals surface area contributed by atoms with Crippen LogP contribution in [0.4, 0.5) is 11.4 Å². The van der Waals surface area contributed by atoms with E-state index in [1.807, 2.05) is 26.0 Å². The lowest BCUT2D eigenvalue weighted by Gasteiger charge is -2.14. The lowest BCUT2D eigenvalue weighted by molar-refractivity contribution is -0.115. The van der Waals surface area contributed by atoms with E-state index in [9.17, 15) is 9.59 Å². The Labute approximate surface area is 205 Å².